The molecule has 80 valence electrons. The van der Waals surface area contributed by atoms with Crippen LogP contribution in [0.15, 0.2) is 11.5 Å². The molecule has 1 aliphatic rings. The van der Waals surface area contributed by atoms with Crippen molar-refractivity contribution in [3.8, 4) is 0 Å². The summed E-state index contributed by atoms with van der Waals surface area (Å²) >= 11 is 0. The Balaban J connectivity index is 2.85. The summed E-state index contributed by atoms with van der Waals surface area (Å²) in [7, 11) is 0. The molecule has 1 rings (SSSR count). The molecular formula is C8H12O6. The second kappa shape index (κ2) is 4.41. The van der Waals surface area contributed by atoms with Gasteiger partial charge in [-0.05, 0) is 6.92 Å². The largest absolute Gasteiger partial charge is 0.506 e. The van der Waals surface area contributed by atoms with Crippen LogP contribution in [0, 0.1) is 0 Å². The lowest BCUT2D eigenvalue weighted by atomic mass is 10.1. The third kappa shape index (κ3) is 1.87. The van der Waals surface area contributed by atoms with E-state index in [0.717, 1.165) is 0 Å². The predicted molar refractivity (Wildman–Crippen MR) is 44.3 cm³/mol. The minimum absolute atomic E-state index is 0.225. The Kier molecular flexibility index (Phi) is 3.45. The van der Waals surface area contributed by atoms with Crippen LogP contribution in [0.4, 0.5) is 0 Å². The highest BCUT2D eigenvalue weighted by Crippen LogP contribution is 2.20. The van der Waals surface area contributed by atoms with E-state index in [1.54, 1.807) is 6.92 Å². The number of aliphatic hydroxyl groups is 3. The van der Waals surface area contributed by atoms with Gasteiger partial charge < -0.3 is 24.8 Å². The molecule has 0 bridgehead atoms. The van der Waals surface area contributed by atoms with Crippen LogP contribution in [0.1, 0.15) is 6.92 Å². The molecule has 2 atom stereocenters. The van der Waals surface area contributed by atoms with Gasteiger partial charge in [0.1, 0.15) is 6.61 Å². The molecule has 6 heteroatoms. The first-order valence-electron chi connectivity index (χ1n) is 4.14. The van der Waals surface area contributed by atoms with E-state index >= 15 is 0 Å². The second-order valence-electron chi connectivity index (χ2n) is 2.68. The smallest absolute Gasteiger partial charge is 0.263 e. The zero-order valence-corrected chi connectivity index (χ0v) is 7.64. The van der Waals surface area contributed by atoms with Crippen LogP contribution in [0.2, 0.25) is 0 Å². The summed E-state index contributed by atoms with van der Waals surface area (Å²) in [5.41, 5.74) is 0. The first-order valence-corrected chi connectivity index (χ1v) is 4.14. The maximum atomic E-state index is 11.2. The zero-order chi connectivity index (χ0) is 10.7. The van der Waals surface area contributed by atoms with E-state index in [2.05, 4.69) is 0 Å². The summed E-state index contributed by atoms with van der Waals surface area (Å²) in [5, 5.41) is 27.1. The van der Waals surface area contributed by atoms with Crippen LogP contribution in [0.25, 0.3) is 0 Å². The van der Waals surface area contributed by atoms with Crippen molar-refractivity contribution in [2.45, 2.75) is 19.3 Å². The van der Waals surface area contributed by atoms with Crippen molar-refractivity contribution >= 4 is 5.78 Å². The standard InChI is InChI=1S/C8H12O6/c1-2-13-8-7(12)6(11)5(10)4(3-9)14-8/h6,8-11H,2-3H2,1H3. The average Bonchev–Trinajstić information content (AvgIpc) is 2.19. The van der Waals surface area contributed by atoms with Crippen LogP contribution >= 0.6 is 0 Å². The molecule has 0 saturated carbocycles. The molecular weight excluding hydrogens is 192 g/mol. The van der Waals surface area contributed by atoms with Gasteiger partial charge >= 0.3 is 0 Å². The SMILES string of the molecule is CCOC1OC(CO)=C(O)C(O)C1=O. The Bertz CT molecular complexity index is 259. The third-order valence-electron chi connectivity index (χ3n) is 1.76. The minimum atomic E-state index is -1.68. The van der Waals surface area contributed by atoms with Gasteiger partial charge in [0.15, 0.2) is 17.6 Å². The Labute approximate surface area is 80.4 Å². The number of hydrogen-bond donors (Lipinski definition) is 3. The number of ether oxygens (including phenoxy) is 2. The summed E-state index contributed by atoms with van der Waals surface area (Å²) in [6.45, 7) is 1.28. The van der Waals surface area contributed by atoms with Crippen LogP contribution in [-0.2, 0) is 14.3 Å². The van der Waals surface area contributed by atoms with Crippen molar-refractivity contribution in [2.75, 3.05) is 13.2 Å². The molecule has 0 aromatic carbocycles. The van der Waals surface area contributed by atoms with Crippen molar-refractivity contribution < 1.29 is 29.6 Å². The lowest BCUT2D eigenvalue weighted by Crippen LogP contribution is -2.42. The molecule has 0 fully saturated rings. The number of rotatable bonds is 3. The molecule has 6 nitrogen and oxygen atoms in total. The number of aliphatic hydroxyl groups excluding tert-OH is 3. The maximum absolute atomic E-state index is 11.2. The minimum Gasteiger partial charge on any atom is -0.506 e. The fraction of sp³-hybridized carbons (Fsp3) is 0.625. The van der Waals surface area contributed by atoms with Crippen LogP contribution in [0.5, 0.6) is 0 Å². The van der Waals surface area contributed by atoms with Gasteiger partial charge in [0.05, 0.1) is 0 Å². The molecule has 0 amide bonds. The van der Waals surface area contributed by atoms with E-state index in [-0.39, 0.29) is 12.4 Å². The van der Waals surface area contributed by atoms with Gasteiger partial charge in [0.25, 0.3) is 6.29 Å². The number of ketones is 1. The van der Waals surface area contributed by atoms with Crippen LogP contribution in [-0.4, -0.2) is 46.7 Å². The van der Waals surface area contributed by atoms with Crippen LogP contribution in [0.3, 0.4) is 0 Å². The first kappa shape index (κ1) is 11.0. The molecule has 0 aromatic heterocycles. The zero-order valence-electron chi connectivity index (χ0n) is 7.64. The first-order chi connectivity index (χ1) is 6.61. The molecule has 0 saturated heterocycles. The predicted octanol–water partition coefficient (Wildman–Crippen LogP) is -0.929. The number of carbonyl (C=O) groups is 1. The van der Waals surface area contributed by atoms with Gasteiger partial charge in [0.2, 0.25) is 5.78 Å². The average molecular weight is 204 g/mol. The van der Waals surface area contributed by atoms with Crippen molar-refractivity contribution in [3.63, 3.8) is 0 Å². The monoisotopic (exact) mass is 204 g/mol. The van der Waals surface area contributed by atoms with E-state index in [1.807, 2.05) is 0 Å². The van der Waals surface area contributed by atoms with E-state index in [1.165, 1.54) is 0 Å². The number of Topliss-reactive ketones (excluding diaryl/α,β-unsaturated/α-hetero) is 1. The highest BCUT2D eigenvalue weighted by atomic mass is 16.7. The van der Waals surface area contributed by atoms with Crippen molar-refractivity contribution in [1.29, 1.82) is 0 Å². The lowest BCUT2D eigenvalue weighted by Gasteiger charge is -2.26. The van der Waals surface area contributed by atoms with Gasteiger partial charge in [-0.15, -0.1) is 0 Å². The summed E-state index contributed by atoms with van der Waals surface area (Å²) in [4.78, 5) is 11.2. The number of hydrogen-bond acceptors (Lipinski definition) is 6. The molecule has 1 aliphatic heterocycles. The molecule has 14 heavy (non-hydrogen) atoms. The molecule has 3 N–H and O–H groups in total. The maximum Gasteiger partial charge on any atom is 0.263 e. The van der Waals surface area contributed by atoms with Gasteiger partial charge in [-0.3, -0.25) is 4.79 Å². The molecule has 2 unspecified atom stereocenters. The fourth-order valence-corrected chi connectivity index (χ4v) is 1.05. The summed E-state index contributed by atoms with van der Waals surface area (Å²) in [6.07, 6.45) is -2.93. The van der Waals surface area contributed by atoms with E-state index < -0.39 is 30.5 Å². The van der Waals surface area contributed by atoms with E-state index in [0.29, 0.717) is 0 Å². The topological polar surface area (TPSA) is 96.2 Å². The Morgan fingerprint density at radius 1 is 1.57 bits per heavy atom. The molecule has 0 aliphatic carbocycles. The molecule has 0 spiro atoms. The van der Waals surface area contributed by atoms with Crippen molar-refractivity contribution in [2.24, 2.45) is 0 Å². The highest BCUT2D eigenvalue weighted by molar-refractivity contribution is 5.89. The summed E-state index contributed by atoms with van der Waals surface area (Å²) < 4.78 is 9.68. The van der Waals surface area contributed by atoms with Gasteiger partial charge in [-0.25, -0.2) is 0 Å². The van der Waals surface area contributed by atoms with Crippen molar-refractivity contribution in [1.82, 2.24) is 0 Å². The molecule has 0 radical (unpaired) electrons. The molecule has 0 aromatic rings. The quantitative estimate of drug-likeness (QED) is 0.549. The second-order valence-corrected chi connectivity index (χ2v) is 2.68. The van der Waals surface area contributed by atoms with E-state index in [4.69, 9.17) is 19.7 Å². The normalized spacial score (nSPS) is 27.8. The summed E-state index contributed by atoms with van der Waals surface area (Å²) in [5.74, 6) is -1.68. The lowest BCUT2D eigenvalue weighted by molar-refractivity contribution is -0.176. The summed E-state index contributed by atoms with van der Waals surface area (Å²) in [6, 6.07) is 0. The van der Waals surface area contributed by atoms with Crippen LogP contribution < -0.4 is 0 Å². The van der Waals surface area contributed by atoms with Crippen molar-refractivity contribution in [3.05, 3.63) is 11.5 Å². The van der Waals surface area contributed by atoms with Gasteiger partial charge in [0, 0.05) is 6.61 Å². The Hall–Kier alpha value is -1.11. The Morgan fingerprint density at radius 2 is 2.21 bits per heavy atom. The van der Waals surface area contributed by atoms with E-state index in [9.17, 15) is 9.90 Å². The highest BCUT2D eigenvalue weighted by Gasteiger charge is 2.37. The third-order valence-corrected chi connectivity index (χ3v) is 1.76. The van der Waals surface area contributed by atoms with Gasteiger partial charge in [-0.2, -0.15) is 0 Å². The Morgan fingerprint density at radius 3 is 2.71 bits per heavy atom. The fourth-order valence-electron chi connectivity index (χ4n) is 1.05. The number of carbonyl (C=O) groups excluding carboxylic acids is 1. The van der Waals surface area contributed by atoms with Gasteiger partial charge in [-0.1, -0.05) is 0 Å². The molecule has 1 heterocycles.